The number of carbonyl (C=O) groups is 1. The van der Waals surface area contributed by atoms with E-state index < -0.39 is 5.97 Å². The van der Waals surface area contributed by atoms with Crippen LogP contribution in [-0.2, 0) is 0 Å². The number of rotatable bonds is 4. The molecule has 4 aromatic rings. The van der Waals surface area contributed by atoms with E-state index in [9.17, 15) is 9.90 Å². The predicted molar refractivity (Wildman–Crippen MR) is 102 cm³/mol. The molecule has 0 radical (unpaired) electrons. The van der Waals surface area contributed by atoms with Crippen LogP contribution >= 0.6 is 22.9 Å². The molecule has 0 saturated heterocycles. The highest BCUT2D eigenvalue weighted by molar-refractivity contribution is 7.15. The molecule has 0 aliphatic rings. The Morgan fingerprint density at radius 3 is 2.88 bits per heavy atom. The van der Waals surface area contributed by atoms with E-state index in [-0.39, 0.29) is 11.6 Å². The quantitative estimate of drug-likeness (QED) is 0.566. The van der Waals surface area contributed by atoms with Gasteiger partial charge in [-0.3, -0.25) is 4.40 Å². The summed E-state index contributed by atoms with van der Waals surface area (Å²) < 4.78 is 3.58. The van der Waals surface area contributed by atoms with Gasteiger partial charge in [0.25, 0.3) is 0 Å². The van der Waals surface area contributed by atoms with Crippen molar-refractivity contribution in [2.45, 2.75) is 19.9 Å². The minimum Gasteiger partial charge on any atom is -0.478 e. The molecule has 0 fully saturated rings. The third-order valence-corrected chi connectivity index (χ3v) is 5.01. The molecule has 0 aromatic carbocycles. The van der Waals surface area contributed by atoms with Gasteiger partial charge in [0.2, 0.25) is 0 Å². The van der Waals surface area contributed by atoms with Crippen LogP contribution in [0.5, 0.6) is 0 Å². The smallest absolute Gasteiger partial charge is 0.336 e. The van der Waals surface area contributed by atoms with E-state index in [4.69, 9.17) is 11.6 Å². The van der Waals surface area contributed by atoms with Crippen LogP contribution in [0.1, 0.15) is 41.6 Å². The maximum Gasteiger partial charge on any atom is 0.336 e. The van der Waals surface area contributed by atoms with E-state index in [1.54, 1.807) is 23.0 Å². The largest absolute Gasteiger partial charge is 0.478 e. The lowest BCUT2D eigenvalue weighted by Gasteiger charge is -2.07. The molecule has 0 bridgehead atoms. The molecule has 0 aliphatic heterocycles. The van der Waals surface area contributed by atoms with Crippen molar-refractivity contribution in [2.75, 3.05) is 0 Å². The minimum atomic E-state index is -1.02. The van der Waals surface area contributed by atoms with Crippen LogP contribution in [0.25, 0.3) is 28.1 Å². The molecule has 1 N–H and O–H groups in total. The van der Waals surface area contributed by atoms with Gasteiger partial charge in [0, 0.05) is 17.6 Å². The highest BCUT2D eigenvalue weighted by atomic mass is 35.5. The number of carboxylic acids is 1. The fourth-order valence-corrected chi connectivity index (χ4v) is 3.77. The molecule has 0 saturated carbocycles. The molecule has 4 rings (SSSR count). The fourth-order valence-electron chi connectivity index (χ4n) is 2.77. The average Bonchev–Trinajstić information content (AvgIpc) is 3.26. The molecule has 0 spiro atoms. The Bertz CT molecular complexity index is 1170. The fraction of sp³-hybridized carbons (Fsp3) is 0.176. The van der Waals surface area contributed by atoms with Crippen LogP contribution in [0.4, 0.5) is 0 Å². The Labute approximate surface area is 157 Å². The second-order valence-electron chi connectivity index (χ2n) is 6.00. The first kappa shape index (κ1) is 16.7. The maximum atomic E-state index is 11.7. The summed E-state index contributed by atoms with van der Waals surface area (Å²) in [5.74, 6) is -1.02. The topological polar surface area (TPSA) is 85.3 Å². The van der Waals surface area contributed by atoms with Crippen LogP contribution in [0.3, 0.4) is 0 Å². The maximum absolute atomic E-state index is 11.7. The second kappa shape index (κ2) is 6.22. The third kappa shape index (κ3) is 2.67. The number of thiazole rings is 1. The van der Waals surface area contributed by atoms with Gasteiger partial charge in [0.15, 0.2) is 15.8 Å². The molecule has 0 atom stereocenters. The summed E-state index contributed by atoms with van der Waals surface area (Å²) in [7, 11) is 0. The van der Waals surface area contributed by atoms with Crippen molar-refractivity contribution in [1.29, 1.82) is 0 Å². The van der Waals surface area contributed by atoms with Crippen molar-refractivity contribution in [3.05, 3.63) is 45.9 Å². The minimum absolute atomic E-state index is 0.0654. The van der Waals surface area contributed by atoms with Gasteiger partial charge in [-0.2, -0.15) is 5.10 Å². The van der Waals surface area contributed by atoms with Gasteiger partial charge in [0.1, 0.15) is 0 Å². The summed E-state index contributed by atoms with van der Waals surface area (Å²) in [6.45, 7) is 3.94. The van der Waals surface area contributed by atoms with Crippen molar-refractivity contribution < 1.29 is 9.90 Å². The van der Waals surface area contributed by atoms with Gasteiger partial charge in [-0.05, 0) is 32.1 Å². The number of hydrogen-bond acceptors (Lipinski definition) is 5. The Morgan fingerprint density at radius 1 is 1.35 bits per heavy atom. The van der Waals surface area contributed by atoms with Gasteiger partial charge < -0.3 is 5.11 Å². The molecule has 0 aliphatic carbocycles. The standard InChI is InChI=1S/C17H14ClN5O2S/c1-9(2)23-15-12(8-19-23)11(16(24)25)7-10(20-15)3-4-13-14(18)21-17-22(13)5-6-26-17/h3-9H,1-2H3,(H,24,25)/b4-3+. The number of aromatic carboxylic acids is 1. The van der Waals surface area contributed by atoms with Gasteiger partial charge >= 0.3 is 5.97 Å². The number of aromatic nitrogens is 5. The van der Waals surface area contributed by atoms with Crippen LogP contribution in [0.15, 0.2) is 23.8 Å². The summed E-state index contributed by atoms with van der Waals surface area (Å²) in [5.41, 5.74) is 1.94. The van der Waals surface area contributed by atoms with E-state index >= 15 is 0 Å². The Kier molecular flexibility index (Phi) is 4.01. The van der Waals surface area contributed by atoms with Crippen molar-refractivity contribution in [1.82, 2.24) is 24.1 Å². The van der Waals surface area contributed by atoms with Crippen LogP contribution in [0.2, 0.25) is 5.15 Å². The lowest BCUT2D eigenvalue weighted by Crippen LogP contribution is -2.05. The second-order valence-corrected chi connectivity index (χ2v) is 7.23. The first-order valence-electron chi connectivity index (χ1n) is 7.86. The molecule has 132 valence electrons. The zero-order valence-corrected chi connectivity index (χ0v) is 15.5. The number of halogens is 1. The molecule has 0 amide bonds. The SMILES string of the molecule is CC(C)n1ncc2c(C(=O)O)cc(/C=C/c3c(Cl)nc4sccn34)nc21. The molecule has 4 aromatic heterocycles. The van der Waals surface area contributed by atoms with Crippen LogP contribution in [-0.4, -0.2) is 35.2 Å². The van der Waals surface area contributed by atoms with E-state index in [1.807, 2.05) is 29.8 Å². The Balaban J connectivity index is 1.85. The van der Waals surface area contributed by atoms with E-state index in [0.717, 1.165) is 10.7 Å². The first-order valence-corrected chi connectivity index (χ1v) is 9.12. The number of fused-ring (bicyclic) bond motifs is 2. The zero-order chi connectivity index (χ0) is 18.4. The van der Waals surface area contributed by atoms with Crippen LogP contribution < -0.4 is 0 Å². The number of nitrogens with zero attached hydrogens (tertiary/aromatic N) is 5. The predicted octanol–water partition coefficient (Wildman–Crippen LogP) is 4.24. The lowest BCUT2D eigenvalue weighted by atomic mass is 10.1. The number of imidazole rings is 1. The molecule has 0 unspecified atom stereocenters. The monoisotopic (exact) mass is 387 g/mol. The molecular formula is C17H14ClN5O2S. The summed E-state index contributed by atoms with van der Waals surface area (Å²) in [4.78, 5) is 21.3. The van der Waals surface area contributed by atoms with Crippen molar-refractivity contribution >= 4 is 57.1 Å². The Hall–Kier alpha value is -2.71. The summed E-state index contributed by atoms with van der Waals surface area (Å²) in [6.07, 6.45) is 6.94. The molecule has 26 heavy (non-hydrogen) atoms. The van der Waals surface area contributed by atoms with Gasteiger partial charge in [-0.25, -0.2) is 19.4 Å². The van der Waals surface area contributed by atoms with Crippen molar-refractivity contribution in [2.24, 2.45) is 0 Å². The van der Waals surface area contributed by atoms with E-state index in [2.05, 4.69) is 15.1 Å². The van der Waals surface area contributed by atoms with Gasteiger partial charge in [-0.1, -0.05) is 11.6 Å². The Morgan fingerprint density at radius 2 is 2.15 bits per heavy atom. The van der Waals surface area contributed by atoms with Crippen molar-refractivity contribution in [3.8, 4) is 0 Å². The number of pyridine rings is 1. The highest BCUT2D eigenvalue weighted by Crippen LogP contribution is 2.25. The summed E-state index contributed by atoms with van der Waals surface area (Å²) >= 11 is 7.68. The highest BCUT2D eigenvalue weighted by Gasteiger charge is 2.16. The molecule has 7 nitrogen and oxygen atoms in total. The summed E-state index contributed by atoms with van der Waals surface area (Å²) in [5, 5.41) is 16.6. The third-order valence-electron chi connectivity index (χ3n) is 3.97. The number of hydrogen-bond donors (Lipinski definition) is 1. The average molecular weight is 388 g/mol. The van der Waals surface area contributed by atoms with Crippen LogP contribution in [0, 0.1) is 0 Å². The normalized spacial score (nSPS) is 12.2. The van der Waals surface area contributed by atoms with Crippen molar-refractivity contribution in [3.63, 3.8) is 0 Å². The van der Waals surface area contributed by atoms with Gasteiger partial charge in [0.05, 0.1) is 28.5 Å². The van der Waals surface area contributed by atoms with Gasteiger partial charge in [-0.15, -0.1) is 11.3 Å². The molecular weight excluding hydrogens is 374 g/mol. The first-order chi connectivity index (χ1) is 12.5. The van der Waals surface area contributed by atoms with E-state index in [1.165, 1.54) is 17.4 Å². The molecule has 9 heteroatoms. The van der Waals surface area contributed by atoms with E-state index in [0.29, 0.717) is 21.9 Å². The lowest BCUT2D eigenvalue weighted by molar-refractivity contribution is 0.0699. The number of carboxylic acid groups (broad SMARTS) is 1. The molecule has 4 heterocycles. The summed E-state index contributed by atoms with van der Waals surface area (Å²) in [6, 6.07) is 1.60. The zero-order valence-electron chi connectivity index (χ0n) is 13.9.